The number of ether oxygens (including phenoxy) is 1. The van der Waals surface area contributed by atoms with Crippen LogP contribution in [0.5, 0.6) is 0 Å². The van der Waals surface area contributed by atoms with Gasteiger partial charge in [-0.15, -0.1) is 11.3 Å². The molecule has 0 aliphatic carbocycles. The van der Waals surface area contributed by atoms with Crippen LogP contribution in [0, 0.1) is 24.1 Å². The van der Waals surface area contributed by atoms with Crippen molar-refractivity contribution in [2.75, 3.05) is 32.8 Å². The number of amidine groups is 1. The zero-order valence-corrected chi connectivity index (χ0v) is 25.6. The SMILES string of the molecule is CCOC(=O)C1=C(CN2CC(F)(F)[C@H]3CCN(CC(C)(C)C(=O)O)C(=O)[C@H]32)NC(c2nccs2)=N[C@H]1c1cccc(F)c1C. The predicted molar refractivity (Wildman–Crippen MR) is 156 cm³/mol. The molecule has 1 amide bonds. The van der Waals surface area contributed by atoms with Crippen molar-refractivity contribution in [1.29, 1.82) is 0 Å². The number of carboxylic acids is 1. The number of carboxylic acid groups (broad SMARTS) is 1. The van der Waals surface area contributed by atoms with Gasteiger partial charge in [0.1, 0.15) is 11.9 Å². The number of hydrogen-bond donors (Lipinski definition) is 2. The van der Waals surface area contributed by atoms with Gasteiger partial charge in [-0.1, -0.05) is 12.1 Å². The molecular weight excluding hydrogens is 599 g/mol. The number of esters is 1. The molecule has 2 fully saturated rings. The van der Waals surface area contributed by atoms with Crippen LogP contribution in [0.2, 0.25) is 0 Å². The van der Waals surface area contributed by atoms with Crippen molar-refractivity contribution in [2.24, 2.45) is 16.3 Å². The Bertz CT molecular complexity index is 1530. The molecule has 2 saturated heterocycles. The molecule has 2 N–H and O–H groups in total. The molecule has 236 valence electrons. The number of benzene rings is 1. The zero-order chi connectivity index (χ0) is 32.0. The van der Waals surface area contributed by atoms with E-state index in [-0.39, 0.29) is 55.3 Å². The van der Waals surface area contributed by atoms with Crippen LogP contribution < -0.4 is 5.32 Å². The van der Waals surface area contributed by atoms with E-state index < -0.39 is 59.5 Å². The van der Waals surface area contributed by atoms with Gasteiger partial charge in [-0.3, -0.25) is 19.5 Å². The Kier molecular flexibility index (Phi) is 8.60. The molecule has 14 heteroatoms. The Morgan fingerprint density at radius 1 is 1.30 bits per heavy atom. The molecule has 5 rings (SSSR count). The number of carbonyl (C=O) groups excluding carboxylic acids is 2. The molecule has 10 nitrogen and oxygen atoms in total. The summed E-state index contributed by atoms with van der Waals surface area (Å²) in [7, 11) is 0. The van der Waals surface area contributed by atoms with Crippen LogP contribution in [-0.4, -0.2) is 88.3 Å². The summed E-state index contributed by atoms with van der Waals surface area (Å²) in [6.07, 6.45) is 1.56. The fraction of sp³-hybridized carbons (Fsp3) is 0.500. The average Bonchev–Trinajstić information content (AvgIpc) is 3.58. The number of alkyl halides is 2. The number of rotatable bonds is 9. The van der Waals surface area contributed by atoms with Gasteiger partial charge in [0.15, 0.2) is 10.8 Å². The van der Waals surface area contributed by atoms with E-state index in [1.807, 2.05) is 0 Å². The predicted octanol–water partition coefficient (Wildman–Crippen LogP) is 3.78. The van der Waals surface area contributed by atoms with E-state index in [9.17, 15) is 23.9 Å². The van der Waals surface area contributed by atoms with E-state index in [0.29, 0.717) is 10.6 Å². The third kappa shape index (κ3) is 5.84. The van der Waals surface area contributed by atoms with Gasteiger partial charge < -0.3 is 20.1 Å². The molecule has 4 heterocycles. The quantitative estimate of drug-likeness (QED) is 0.400. The molecule has 1 aromatic heterocycles. The monoisotopic (exact) mass is 633 g/mol. The molecule has 44 heavy (non-hydrogen) atoms. The van der Waals surface area contributed by atoms with E-state index in [4.69, 9.17) is 9.73 Å². The summed E-state index contributed by atoms with van der Waals surface area (Å²) < 4.78 is 51.0. The second-order valence-electron chi connectivity index (χ2n) is 11.9. The number of aliphatic imine (C=N–C) groups is 1. The van der Waals surface area contributed by atoms with Crippen molar-refractivity contribution >= 4 is 35.0 Å². The molecule has 3 atom stereocenters. The number of halogens is 3. The van der Waals surface area contributed by atoms with Crippen LogP contribution in [0.25, 0.3) is 0 Å². The molecule has 1 aromatic carbocycles. The lowest BCUT2D eigenvalue weighted by molar-refractivity contribution is -0.153. The normalized spacial score (nSPS) is 23.7. The maximum Gasteiger partial charge on any atom is 0.338 e. The van der Waals surface area contributed by atoms with Crippen LogP contribution in [0.15, 0.2) is 46.0 Å². The number of piperidine rings is 1. The van der Waals surface area contributed by atoms with Gasteiger partial charge in [0, 0.05) is 36.9 Å². The molecule has 0 spiro atoms. The van der Waals surface area contributed by atoms with Crippen molar-refractivity contribution < 1.29 is 37.4 Å². The summed E-state index contributed by atoms with van der Waals surface area (Å²) in [6, 6.07) is 2.13. The molecular formula is C30H34F3N5O5S. The minimum absolute atomic E-state index is 0.0102. The molecule has 2 aromatic rings. The number of hydrogen-bond acceptors (Lipinski definition) is 9. The van der Waals surface area contributed by atoms with Crippen LogP contribution >= 0.6 is 11.3 Å². The van der Waals surface area contributed by atoms with E-state index in [1.54, 1.807) is 31.5 Å². The summed E-state index contributed by atoms with van der Waals surface area (Å²) in [5.74, 6) is -7.19. The Morgan fingerprint density at radius 2 is 2.05 bits per heavy atom. The van der Waals surface area contributed by atoms with Crippen molar-refractivity contribution in [1.82, 2.24) is 20.1 Å². The smallest absolute Gasteiger partial charge is 0.338 e. The lowest BCUT2D eigenvalue weighted by Crippen LogP contribution is -2.57. The van der Waals surface area contributed by atoms with Gasteiger partial charge in [-0.05, 0) is 51.3 Å². The summed E-state index contributed by atoms with van der Waals surface area (Å²) in [5, 5.41) is 14.9. The lowest BCUT2D eigenvalue weighted by Gasteiger charge is -2.40. The van der Waals surface area contributed by atoms with Gasteiger partial charge in [0.25, 0.3) is 5.92 Å². The zero-order valence-electron chi connectivity index (χ0n) is 24.8. The number of carbonyl (C=O) groups is 3. The number of likely N-dealkylation sites (tertiary alicyclic amines) is 2. The van der Waals surface area contributed by atoms with Gasteiger partial charge in [0.05, 0.1) is 36.1 Å². The Morgan fingerprint density at radius 3 is 2.70 bits per heavy atom. The van der Waals surface area contributed by atoms with Gasteiger partial charge in [-0.25, -0.2) is 22.9 Å². The van der Waals surface area contributed by atoms with E-state index in [2.05, 4.69) is 10.3 Å². The summed E-state index contributed by atoms with van der Waals surface area (Å²) >= 11 is 1.27. The lowest BCUT2D eigenvalue weighted by atomic mass is 9.86. The number of nitrogens with zero attached hydrogens (tertiary/aromatic N) is 4. The first kappa shape index (κ1) is 31.6. The van der Waals surface area contributed by atoms with Crippen molar-refractivity contribution in [3.05, 3.63) is 63.0 Å². The first-order valence-electron chi connectivity index (χ1n) is 14.3. The Balaban J connectivity index is 1.58. The Hall–Kier alpha value is -3.78. The highest BCUT2D eigenvalue weighted by Gasteiger charge is 2.59. The number of aromatic nitrogens is 1. The minimum Gasteiger partial charge on any atom is -0.481 e. The third-order valence-electron chi connectivity index (χ3n) is 8.39. The highest BCUT2D eigenvalue weighted by Crippen LogP contribution is 2.44. The topological polar surface area (TPSA) is 124 Å². The number of nitrogens with one attached hydrogen (secondary N) is 1. The number of fused-ring (bicyclic) bond motifs is 1. The summed E-state index contributed by atoms with van der Waals surface area (Å²) in [5.41, 5.74) is -0.436. The van der Waals surface area contributed by atoms with Crippen LogP contribution in [0.1, 0.15) is 49.4 Å². The molecule has 0 unspecified atom stereocenters. The second kappa shape index (κ2) is 12.0. The number of aliphatic carboxylic acids is 1. The Labute approximate surface area is 256 Å². The van der Waals surface area contributed by atoms with E-state index in [0.717, 1.165) is 0 Å². The summed E-state index contributed by atoms with van der Waals surface area (Å²) in [6.45, 7) is 5.01. The van der Waals surface area contributed by atoms with Crippen molar-refractivity contribution in [3.8, 4) is 0 Å². The van der Waals surface area contributed by atoms with Crippen LogP contribution in [0.4, 0.5) is 13.2 Å². The second-order valence-corrected chi connectivity index (χ2v) is 12.8. The maximum atomic E-state index is 15.5. The van der Waals surface area contributed by atoms with Crippen LogP contribution in [0.3, 0.4) is 0 Å². The van der Waals surface area contributed by atoms with Gasteiger partial charge in [-0.2, -0.15) is 0 Å². The standard InChI is InChI=1S/C30H34F3N5O5S/c1-5-43-27(40)21-20(35-24(25-34-10-12-44-25)36-22(21)17-7-6-8-19(31)16(17)2)13-38-15-30(32,33)18-9-11-37(26(39)23(18)38)14-29(3,4)28(41)42/h6-8,10,12,18,22-23H,5,9,11,13-15H2,1-4H3,(H,35,36)(H,41,42)/t18-,22-,23-/m0/s1. The first-order valence-corrected chi connectivity index (χ1v) is 15.2. The van der Waals surface area contributed by atoms with Crippen molar-refractivity contribution in [3.63, 3.8) is 0 Å². The summed E-state index contributed by atoms with van der Waals surface area (Å²) in [4.78, 5) is 50.7. The highest BCUT2D eigenvalue weighted by molar-refractivity contribution is 7.11. The molecule has 0 saturated carbocycles. The van der Waals surface area contributed by atoms with Gasteiger partial charge in [0.2, 0.25) is 5.91 Å². The van der Waals surface area contributed by atoms with Crippen LogP contribution in [-0.2, 0) is 19.1 Å². The van der Waals surface area contributed by atoms with E-state index in [1.165, 1.54) is 47.1 Å². The molecule has 3 aliphatic heterocycles. The third-order valence-corrected chi connectivity index (χ3v) is 9.17. The first-order chi connectivity index (χ1) is 20.7. The maximum absolute atomic E-state index is 15.5. The largest absolute Gasteiger partial charge is 0.481 e. The minimum atomic E-state index is -3.21. The fourth-order valence-electron chi connectivity index (χ4n) is 6.08. The average molecular weight is 634 g/mol. The number of thiazole rings is 1. The highest BCUT2D eigenvalue weighted by atomic mass is 32.1. The molecule has 0 bridgehead atoms. The molecule has 0 radical (unpaired) electrons. The fourth-order valence-corrected chi connectivity index (χ4v) is 6.67. The number of amides is 1. The van der Waals surface area contributed by atoms with Gasteiger partial charge >= 0.3 is 11.9 Å². The molecule has 3 aliphatic rings. The van der Waals surface area contributed by atoms with E-state index >= 15 is 8.78 Å². The van der Waals surface area contributed by atoms with Crippen molar-refractivity contribution in [2.45, 2.75) is 52.1 Å².